The monoisotopic (exact) mass is 507 g/mol. The third-order valence-electron chi connectivity index (χ3n) is 5.67. The number of alkyl carbamates (subject to hydrolysis) is 1. The van der Waals surface area contributed by atoms with Crippen molar-refractivity contribution >= 4 is 31.1 Å². The van der Waals surface area contributed by atoms with E-state index in [-0.39, 0.29) is 11.5 Å². The molecule has 1 N–H and O–H groups in total. The van der Waals surface area contributed by atoms with E-state index in [0.717, 1.165) is 11.9 Å². The highest BCUT2D eigenvalue weighted by Crippen LogP contribution is 2.38. The number of hydrogen-bond acceptors (Lipinski definition) is 4. The minimum Gasteiger partial charge on any atom is -0.444 e. The Balaban J connectivity index is 2.35. The predicted molar refractivity (Wildman–Crippen MR) is 150 cm³/mol. The van der Waals surface area contributed by atoms with Gasteiger partial charge in [-0.05, 0) is 43.1 Å². The largest absolute Gasteiger partial charge is 0.444 e. The molecule has 2 aromatic carbocycles. The fourth-order valence-electron chi connectivity index (χ4n) is 4.21. The molecule has 0 saturated heterocycles. The molecule has 0 saturated carbocycles. The number of carbonyl (C=O) groups excluding carboxylic acids is 2. The maximum Gasteiger partial charge on any atom is 0.407 e. The van der Waals surface area contributed by atoms with Crippen molar-refractivity contribution in [2.75, 3.05) is 6.54 Å². The quantitative estimate of drug-likeness (QED) is 0.260. The molecular weight excluding hydrogens is 466 g/mol. The minimum atomic E-state index is -2.79. The second kappa shape index (κ2) is 12.8. The molecule has 1 atom stereocenters. The standard InChI is InChI=1S/C30H41NO4Si/c1-24(15-14-21-31-28(33)34-29(2,3)4)23-25(20-22-32)35-36(30(5,6)7,26-16-10-8-11-17-26)27-18-12-9-13-19-27/h8-19,22-23,25H,20-21H2,1-7H3,(H,31,33)/b15-14+,24-23+/t25-/m0/s1. The van der Waals surface area contributed by atoms with Crippen molar-refractivity contribution in [1.82, 2.24) is 5.32 Å². The molecule has 36 heavy (non-hydrogen) atoms. The lowest BCUT2D eigenvalue weighted by Crippen LogP contribution is -2.67. The van der Waals surface area contributed by atoms with Crippen LogP contribution in [0.1, 0.15) is 54.9 Å². The van der Waals surface area contributed by atoms with Crippen LogP contribution in [-0.4, -0.2) is 38.9 Å². The average molecular weight is 508 g/mol. The second-order valence-corrected chi connectivity index (χ2v) is 15.2. The molecule has 0 aliphatic rings. The molecule has 0 aromatic heterocycles. The summed E-state index contributed by atoms with van der Waals surface area (Å²) in [5.41, 5.74) is 0.412. The van der Waals surface area contributed by atoms with Gasteiger partial charge >= 0.3 is 6.09 Å². The Morgan fingerprint density at radius 3 is 1.92 bits per heavy atom. The van der Waals surface area contributed by atoms with Gasteiger partial charge in [-0.2, -0.15) is 0 Å². The maximum absolute atomic E-state index is 11.9. The van der Waals surface area contributed by atoms with Gasteiger partial charge in [-0.25, -0.2) is 4.79 Å². The number of hydrogen-bond donors (Lipinski definition) is 1. The van der Waals surface area contributed by atoms with E-state index < -0.39 is 26.1 Å². The summed E-state index contributed by atoms with van der Waals surface area (Å²) < 4.78 is 12.4. The van der Waals surface area contributed by atoms with E-state index in [0.29, 0.717) is 6.54 Å². The van der Waals surface area contributed by atoms with E-state index in [2.05, 4.69) is 50.4 Å². The van der Waals surface area contributed by atoms with Crippen molar-refractivity contribution in [3.05, 3.63) is 84.5 Å². The number of rotatable bonds is 10. The highest BCUT2D eigenvalue weighted by molar-refractivity contribution is 6.99. The van der Waals surface area contributed by atoms with Crippen LogP contribution in [0.2, 0.25) is 5.04 Å². The zero-order chi connectivity index (χ0) is 26.8. The van der Waals surface area contributed by atoms with Gasteiger partial charge in [0.05, 0.1) is 6.10 Å². The van der Waals surface area contributed by atoms with Crippen molar-refractivity contribution in [2.45, 2.75) is 71.6 Å². The van der Waals surface area contributed by atoms with Gasteiger partial charge in [0, 0.05) is 13.0 Å². The summed E-state index contributed by atoms with van der Waals surface area (Å²) in [5.74, 6) is 0. The number of carbonyl (C=O) groups is 2. The van der Waals surface area contributed by atoms with E-state index in [4.69, 9.17) is 9.16 Å². The lowest BCUT2D eigenvalue weighted by atomic mass is 10.1. The summed E-state index contributed by atoms with van der Waals surface area (Å²) in [5, 5.41) is 4.87. The lowest BCUT2D eigenvalue weighted by molar-refractivity contribution is -0.108. The summed E-state index contributed by atoms with van der Waals surface area (Å²) in [4.78, 5) is 23.5. The van der Waals surface area contributed by atoms with Crippen LogP contribution in [0.5, 0.6) is 0 Å². The molecule has 1 amide bonds. The van der Waals surface area contributed by atoms with Gasteiger partial charge in [0.15, 0.2) is 0 Å². The smallest absolute Gasteiger partial charge is 0.407 e. The molecule has 194 valence electrons. The number of nitrogens with one attached hydrogen (secondary N) is 1. The van der Waals surface area contributed by atoms with Crippen LogP contribution < -0.4 is 15.7 Å². The van der Waals surface area contributed by atoms with Gasteiger partial charge < -0.3 is 19.3 Å². The van der Waals surface area contributed by atoms with Gasteiger partial charge in [-0.1, -0.05) is 105 Å². The molecular formula is C30H41NO4Si. The van der Waals surface area contributed by atoms with Crippen LogP contribution in [0.3, 0.4) is 0 Å². The number of benzene rings is 2. The Bertz CT molecular complexity index is 995. The van der Waals surface area contributed by atoms with Crippen LogP contribution in [0.4, 0.5) is 4.79 Å². The molecule has 0 heterocycles. The molecule has 0 aliphatic carbocycles. The second-order valence-electron chi connectivity index (χ2n) is 10.9. The fraction of sp³-hybridized carbons (Fsp3) is 0.400. The number of ether oxygens (including phenoxy) is 1. The SMILES string of the molecule is CC(/C=C/CNC(=O)OC(C)(C)C)=C\[C@H](CC=O)O[Si](c1ccccc1)(c1ccccc1)C(C)(C)C. The van der Waals surface area contributed by atoms with Gasteiger partial charge in [0.2, 0.25) is 0 Å². The van der Waals surface area contributed by atoms with Crippen LogP contribution in [0.15, 0.2) is 84.5 Å². The van der Waals surface area contributed by atoms with E-state index >= 15 is 0 Å². The highest BCUT2D eigenvalue weighted by Gasteiger charge is 2.51. The molecule has 0 bridgehead atoms. The Kier molecular flexibility index (Phi) is 10.4. The summed E-state index contributed by atoms with van der Waals surface area (Å²) in [6.45, 7) is 14.4. The van der Waals surface area contributed by atoms with Crippen molar-refractivity contribution < 1.29 is 18.8 Å². The Morgan fingerprint density at radius 2 is 1.47 bits per heavy atom. The first-order valence-electron chi connectivity index (χ1n) is 12.4. The molecule has 2 rings (SSSR count). The zero-order valence-electron chi connectivity index (χ0n) is 22.7. The van der Waals surface area contributed by atoms with Gasteiger partial charge in [0.25, 0.3) is 8.32 Å². The average Bonchev–Trinajstić information content (AvgIpc) is 2.79. The molecule has 6 heteroatoms. The van der Waals surface area contributed by atoms with Gasteiger partial charge in [-0.15, -0.1) is 0 Å². The lowest BCUT2D eigenvalue weighted by Gasteiger charge is -2.44. The molecule has 5 nitrogen and oxygen atoms in total. The number of aldehydes is 1. The first-order chi connectivity index (χ1) is 16.9. The molecule has 0 spiro atoms. The van der Waals surface area contributed by atoms with Crippen molar-refractivity contribution in [3.8, 4) is 0 Å². The van der Waals surface area contributed by atoms with E-state index in [1.807, 2.05) is 82.3 Å². The first kappa shape index (κ1) is 29.3. The van der Waals surface area contributed by atoms with Gasteiger partial charge in [0.1, 0.15) is 11.9 Å². The maximum atomic E-state index is 11.9. The fourth-order valence-corrected chi connectivity index (χ4v) is 8.85. The number of allylic oxidation sites excluding steroid dienone is 2. The van der Waals surface area contributed by atoms with Crippen LogP contribution in [0, 0.1) is 0 Å². The van der Waals surface area contributed by atoms with Crippen molar-refractivity contribution in [3.63, 3.8) is 0 Å². The molecule has 2 aromatic rings. The Hall–Kier alpha value is -2.96. The summed E-state index contributed by atoms with van der Waals surface area (Å²) >= 11 is 0. The summed E-state index contributed by atoms with van der Waals surface area (Å²) in [6.07, 6.45) is 6.10. The van der Waals surface area contributed by atoms with Crippen LogP contribution in [0.25, 0.3) is 0 Å². The van der Waals surface area contributed by atoms with E-state index in [1.165, 1.54) is 10.4 Å². The molecule has 0 aliphatic heterocycles. The summed E-state index contributed by atoms with van der Waals surface area (Å²) in [7, 11) is -2.79. The van der Waals surface area contributed by atoms with E-state index in [1.54, 1.807) is 0 Å². The van der Waals surface area contributed by atoms with Crippen molar-refractivity contribution in [2.24, 2.45) is 0 Å². The van der Waals surface area contributed by atoms with Crippen LogP contribution in [-0.2, 0) is 14.0 Å². The minimum absolute atomic E-state index is 0.189. The van der Waals surface area contributed by atoms with Gasteiger partial charge in [-0.3, -0.25) is 0 Å². The summed E-state index contributed by atoms with van der Waals surface area (Å²) in [6, 6.07) is 20.8. The van der Waals surface area contributed by atoms with E-state index in [9.17, 15) is 9.59 Å². The third kappa shape index (κ3) is 8.31. The van der Waals surface area contributed by atoms with Crippen LogP contribution >= 0.6 is 0 Å². The predicted octanol–water partition coefficient (Wildman–Crippen LogP) is 5.55. The third-order valence-corrected chi connectivity index (χ3v) is 10.7. The number of amides is 1. The Morgan fingerprint density at radius 1 is 0.944 bits per heavy atom. The highest BCUT2D eigenvalue weighted by atomic mass is 28.4. The topological polar surface area (TPSA) is 64.6 Å². The zero-order valence-corrected chi connectivity index (χ0v) is 23.7. The first-order valence-corrected chi connectivity index (χ1v) is 14.3. The van der Waals surface area contributed by atoms with Crippen molar-refractivity contribution in [1.29, 1.82) is 0 Å². The molecule has 0 fully saturated rings. The molecule has 0 radical (unpaired) electrons. The molecule has 0 unspecified atom stereocenters. The normalized spacial score (nSPS) is 13.9. The Labute approximate surface area is 217 Å².